The van der Waals surface area contributed by atoms with E-state index < -0.39 is 0 Å². The highest BCUT2D eigenvalue weighted by molar-refractivity contribution is 6.43. The topological polar surface area (TPSA) is 58.9 Å². The van der Waals surface area contributed by atoms with Gasteiger partial charge in [-0.15, -0.1) is 0 Å². The molecule has 0 spiro atoms. The molecule has 0 bridgehead atoms. The van der Waals surface area contributed by atoms with Crippen molar-refractivity contribution in [2.45, 2.75) is 6.42 Å². The molecule has 0 amide bonds. The summed E-state index contributed by atoms with van der Waals surface area (Å²) >= 11 is 19.1. The van der Waals surface area contributed by atoms with Crippen LogP contribution in [-0.4, -0.2) is 25.4 Å². The van der Waals surface area contributed by atoms with Gasteiger partial charge in [0, 0.05) is 53.6 Å². The predicted molar refractivity (Wildman–Crippen MR) is 110 cm³/mol. The Balaban J connectivity index is 2.23. The fraction of sp³-hybridized carbons (Fsp3) is 0.200. The molecule has 2 aromatic rings. The van der Waals surface area contributed by atoms with Crippen molar-refractivity contribution >= 4 is 56.3 Å². The summed E-state index contributed by atoms with van der Waals surface area (Å²) in [4.78, 5) is 17.1. The summed E-state index contributed by atoms with van der Waals surface area (Å²) in [5, 5.41) is 14.3. The molecule has 0 fully saturated rings. The highest BCUT2D eigenvalue weighted by atomic mass is 35.5. The van der Waals surface area contributed by atoms with Gasteiger partial charge in [-0.05, 0) is 24.6 Å². The van der Waals surface area contributed by atoms with Gasteiger partial charge in [0.05, 0.1) is 25.8 Å². The Labute approximate surface area is 169 Å². The van der Waals surface area contributed by atoms with Crippen LogP contribution in [0.2, 0.25) is 15.1 Å². The quantitative estimate of drug-likeness (QED) is 0.374. The van der Waals surface area contributed by atoms with Crippen LogP contribution in [-0.2, 0) is 4.74 Å². The van der Waals surface area contributed by atoms with Crippen molar-refractivity contribution < 1.29 is 9.84 Å². The zero-order chi connectivity index (χ0) is 19.3. The van der Waals surface area contributed by atoms with Crippen LogP contribution in [0.25, 0.3) is 32.7 Å². The van der Waals surface area contributed by atoms with E-state index in [1.54, 1.807) is 19.2 Å². The Morgan fingerprint density at radius 1 is 1.00 bits per heavy atom. The van der Waals surface area contributed by atoms with Crippen molar-refractivity contribution in [2.75, 3.05) is 20.3 Å². The van der Waals surface area contributed by atoms with E-state index in [-0.39, 0.29) is 11.2 Å². The van der Waals surface area contributed by atoms with E-state index in [1.807, 2.05) is 0 Å². The van der Waals surface area contributed by atoms with E-state index in [0.29, 0.717) is 66.2 Å². The van der Waals surface area contributed by atoms with E-state index in [0.717, 1.165) is 6.42 Å². The highest BCUT2D eigenvalue weighted by Gasteiger charge is 2.24. The first-order valence-corrected chi connectivity index (χ1v) is 9.42. The lowest BCUT2D eigenvalue weighted by atomic mass is 9.88. The molecule has 2 aliphatic carbocycles. The van der Waals surface area contributed by atoms with Gasteiger partial charge in [-0.25, -0.2) is 0 Å². The number of methoxy groups -OCH3 is 1. The van der Waals surface area contributed by atoms with Gasteiger partial charge in [-0.3, -0.25) is 9.79 Å². The van der Waals surface area contributed by atoms with Crippen LogP contribution < -0.4 is 10.8 Å². The van der Waals surface area contributed by atoms with Gasteiger partial charge in [-0.2, -0.15) is 0 Å². The minimum atomic E-state index is -0.273. The molecule has 27 heavy (non-hydrogen) atoms. The molecule has 4 rings (SSSR count). The van der Waals surface area contributed by atoms with Crippen molar-refractivity contribution in [3.05, 3.63) is 54.9 Å². The van der Waals surface area contributed by atoms with Gasteiger partial charge in [0.15, 0.2) is 5.43 Å². The Kier molecular flexibility index (Phi) is 4.77. The van der Waals surface area contributed by atoms with E-state index in [1.165, 1.54) is 12.1 Å². The van der Waals surface area contributed by atoms with Crippen molar-refractivity contribution in [2.24, 2.45) is 4.99 Å². The second kappa shape index (κ2) is 6.95. The maximum absolute atomic E-state index is 12.5. The zero-order valence-corrected chi connectivity index (χ0v) is 16.5. The summed E-state index contributed by atoms with van der Waals surface area (Å²) in [5.41, 5.74) is 0.974. The first-order chi connectivity index (χ1) is 12.9. The van der Waals surface area contributed by atoms with Crippen LogP contribution in [0, 0.1) is 0 Å². The van der Waals surface area contributed by atoms with Crippen molar-refractivity contribution in [3.8, 4) is 16.9 Å². The molecule has 1 N–H and O–H groups in total. The minimum Gasteiger partial charge on any atom is -0.507 e. The first-order valence-electron chi connectivity index (χ1n) is 8.29. The lowest BCUT2D eigenvalue weighted by Crippen LogP contribution is -2.12. The first kappa shape index (κ1) is 18.5. The molecule has 0 radical (unpaired) electrons. The average Bonchev–Trinajstić information content (AvgIpc) is 2.61. The molecule has 7 heteroatoms. The van der Waals surface area contributed by atoms with Crippen LogP contribution >= 0.6 is 34.8 Å². The second-order valence-corrected chi connectivity index (χ2v) is 7.53. The largest absolute Gasteiger partial charge is 0.507 e. The van der Waals surface area contributed by atoms with Gasteiger partial charge < -0.3 is 9.84 Å². The molecule has 2 aliphatic rings. The van der Waals surface area contributed by atoms with Gasteiger partial charge >= 0.3 is 0 Å². The third kappa shape index (κ3) is 2.88. The number of nitrogens with zero attached hydrogens (tertiary/aromatic N) is 1. The van der Waals surface area contributed by atoms with Crippen LogP contribution in [0.3, 0.4) is 0 Å². The van der Waals surface area contributed by atoms with Crippen molar-refractivity contribution in [3.63, 3.8) is 0 Å². The Morgan fingerprint density at radius 2 is 1.78 bits per heavy atom. The lowest BCUT2D eigenvalue weighted by Gasteiger charge is -2.19. The van der Waals surface area contributed by atoms with Gasteiger partial charge in [0.2, 0.25) is 0 Å². The van der Waals surface area contributed by atoms with Crippen molar-refractivity contribution in [1.82, 2.24) is 0 Å². The maximum atomic E-state index is 12.5. The Hall–Kier alpha value is -1.85. The van der Waals surface area contributed by atoms with Crippen LogP contribution in [0.1, 0.15) is 6.42 Å². The molecule has 0 aromatic heterocycles. The third-order valence-corrected chi connectivity index (χ3v) is 5.59. The second-order valence-electron chi connectivity index (χ2n) is 6.31. The summed E-state index contributed by atoms with van der Waals surface area (Å²) < 4.78 is 5.06. The average molecular weight is 423 g/mol. The van der Waals surface area contributed by atoms with Crippen LogP contribution in [0.5, 0.6) is 5.75 Å². The van der Waals surface area contributed by atoms with E-state index in [4.69, 9.17) is 39.5 Å². The normalized spacial score (nSPS) is 12.8. The summed E-state index contributed by atoms with van der Waals surface area (Å²) in [7, 11) is 1.63. The molecule has 0 aliphatic heterocycles. The van der Waals surface area contributed by atoms with Crippen LogP contribution in [0.4, 0.5) is 0 Å². The molecular formula is C20H14Cl3NO3. The number of hydrogen-bond acceptors (Lipinski definition) is 4. The lowest BCUT2D eigenvalue weighted by molar-refractivity contribution is 0.196. The van der Waals surface area contributed by atoms with Crippen LogP contribution in [0.15, 0.2) is 34.1 Å². The minimum absolute atomic E-state index is 0.00376. The molecule has 0 heterocycles. The molecule has 0 unspecified atom stereocenters. The number of phenolic OH excluding ortho intramolecular Hbond substituents is 1. The smallest absolute Gasteiger partial charge is 0.189 e. The SMILES string of the molecule is COCCCN=c1cc2c(Cl)cc(=O)c3c(Cl)cc4c(Cl)cc(O)c1c4c3-2. The van der Waals surface area contributed by atoms with E-state index in [2.05, 4.69) is 4.99 Å². The maximum Gasteiger partial charge on any atom is 0.189 e. The number of halogens is 3. The summed E-state index contributed by atoms with van der Waals surface area (Å²) in [5.74, 6) is -0.00376. The standard InChI is InChI=1S/C20H14Cl3NO3/c1-27-4-2-3-24-14-6-10-12(22)7-15(25)19-13(23)5-9-11(21)8-16(26)20(14)18(9)17(10)19/h5-8,26H,2-4H2,1H3. The fourth-order valence-corrected chi connectivity index (χ4v) is 4.33. The third-order valence-electron chi connectivity index (χ3n) is 4.66. The molecule has 0 saturated carbocycles. The number of phenols is 1. The highest BCUT2D eigenvalue weighted by Crippen LogP contribution is 2.46. The monoisotopic (exact) mass is 421 g/mol. The van der Waals surface area contributed by atoms with Gasteiger partial charge in [-0.1, -0.05) is 34.8 Å². The summed E-state index contributed by atoms with van der Waals surface area (Å²) in [6.45, 7) is 1.10. The summed E-state index contributed by atoms with van der Waals surface area (Å²) in [6, 6.07) is 6.25. The number of ether oxygens (including phenoxy) is 1. The summed E-state index contributed by atoms with van der Waals surface area (Å²) in [6.07, 6.45) is 0.738. The fourth-order valence-electron chi connectivity index (χ4n) is 3.53. The molecule has 138 valence electrons. The predicted octanol–water partition coefficient (Wildman–Crippen LogP) is 4.94. The molecule has 2 aromatic carbocycles. The Bertz CT molecular complexity index is 1260. The van der Waals surface area contributed by atoms with Gasteiger partial charge in [0.25, 0.3) is 0 Å². The molecular weight excluding hydrogens is 409 g/mol. The number of benzene rings is 4. The molecule has 0 atom stereocenters. The number of hydrogen-bond donors (Lipinski definition) is 1. The number of rotatable bonds is 4. The van der Waals surface area contributed by atoms with Crippen molar-refractivity contribution in [1.29, 1.82) is 0 Å². The Morgan fingerprint density at radius 3 is 2.52 bits per heavy atom. The zero-order valence-electron chi connectivity index (χ0n) is 14.3. The number of aromatic hydroxyl groups is 1. The van der Waals surface area contributed by atoms with Gasteiger partial charge in [0.1, 0.15) is 5.75 Å². The van der Waals surface area contributed by atoms with E-state index >= 15 is 0 Å². The molecule has 4 nitrogen and oxygen atoms in total. The van der Waals surface area contributed by atoms with E-state index in [9.17, 15) is 9.90 Å². The molecule has 0 saturated heterocycles.